The number of nitrogens with one attached hydrogen (secondary N) is 1. The Morgan fingerprint density at radius 3 is 2.68 bits per heavy atom. The molecule has 0 unspecified atom stereocenters. The van der Waals surface area contributed by atoms with Gasteiger partial charge in [0.15, 0.2) is 0 Å². The fourth-order valence-electron chi connectivity index (χ4n) is 1.17. The van der Waals surface area contributed by atoms with Crippen LogP contribution in [0.5, 0.6) is 0 Å². The van der Waals surface area contributed by atoms with Crippen molar-refractivity contribution < 1.29 is 27.5 Å². The smallest absolute Gasteiger partial charge is 0.418 e. The quantitative estimate of drug-likeness (QED) is 0.620. The van der Waals surface area contributed by atoms with Gasteiger partial charge < -0.3 is 14.5 Å². The molecule has 0 bridgehead atoms. The van der Waals surface area contributed by atoms with Crippen LogP contribution in [0.15, 0.2) is 10.6 Å². The van der Waals surface area contributed by atoms with Crippen molar-refractivity contribution >= 4 is 11.9 Å². The van der Waals surface area contributed by atoms with Crippen LogP contribution in [0.25, 0.3) is 0 Å². The van der Waals surface area contributed by atoms with Crippen molar-refractivity contribution in [1.82, 2.24) is 10.3 Å². The molecule has 1 N–H and O–H groups in total. The second kappa shape index (κ2) is 6.26. The minimum absolute atomic E-state index is 0.0878. The lowest BCUT2D eigenvalue weighted by atomic mass is 10.3. The van der Waals surface area contributed by atoms with Gasteiger partial charge in [-0.3, -0.25) is 4.79 Å². The molecule has 0 saturated carbocycles. The largest absolute Gasteiger partial charge is 0.461 e. The number of aromatic nitrogens is 1. The highest BCUT2D eigenvalue weighted by Gasteiger charge is 2.49. The van der Waals surface area contributed by atoms with E-state index in [4.69, 9.17) is 4.42 Å². The van der Waals surface area contributed by atoms with E-state index in [1.807, 2.05) is 12.2 Å². The number of amides is 1. The molecule has 0 aliphatic heterocycles. The molecule has 8 heteroatoms. The van der Waals surface area contributed by atoms with Crippen molar-refractivity contribution in [3.8, 4) is 0 Å². The molecule has 0 aromatic carbocycles. The molecule has 1 heterocycles. The molecule has 1 rings (SSSR count). The molecule has 106 valence electrons. The fourth-order valence-corrected chi connectivity index (χ4v) is 1.17. The van der Waals surface area contributed by atoms with Gasteiger partial charge in [0.2, 0.25) is 5.89 Å². The Balaban J connectivity index is 2.56. The second-order valence-electron chi connectivity index (χ2n) is 3.55. The summed E-state index contributed by atoms with van der Waals surface area (Å²) in [6, 6.07) is 0. The number of alkyl halides is 2. The van der Waals surface area contributed by atoms with Gasteiger partial charge in [-0.05, 0) is 6.92 Å². The van der Waals surface area contributed by atoms with Crippen molar-refractivity contribution in [2.75, 3.05) is 6.61 Å². The van der Waals surface area contributed by atoms with E-state index in [9.17, 15) is 18.4 Å². The third kappa shape index (κ3) is 3.73. The van der Waals surface area contributed by atoms with Crippen LogP contribution in [-0.4, -0.2) is 29.4 Å². The highest BCUT2D eigenvalue weighted by molar-refractivity contribution is 6.04. The summed E-state index contributed by atoms with van der Waals surface area (Å²) in [5.74, 6) is -7.20. The van der Waals surface area contributed by atoms with Crippen LogP contribution in [0, 0.1) is 0 Å². The number of esters is 1. The van der Waals surface area contributed by atoms with Gasteiger partial charge in [0.1, 0.15) is 5.76 Å². The Morgan fingerprint density at radius 2 is 2.16 bits per heavy atom. The van der Waals surface area contributed by atoms with Crippen LogP contribution in [0.2, 0.25) is 0 Å². The number of carbonyl (C=O) groups is 2. The molecule has 6 nitrogen and oxygen atoms in total. The normalized spacial score (nSPS) is 11.2. The highest BCUT2D eigenvalue weighted by Crippen LogP contribution is 2.16. The van der Waals surface area contributed by atoms with Crippen LogP contribution >= 0.6 is 0 Å². The van der Waals surface area contributed by atoms with E-state index in [0.717, 1.165) is 0 Å². The molecule has 1 amide bonds. The molecule has 0 saturated heterocycles. The Hall–Kier alpha value is -1.99. The van der Waals surface area contributed by atoms with Gasteiger partial charge in [0.05, 0.1) is 19.3 Å². The minimum Gasteiger partial charge on any atom is -0.461 e. The Morgan fingerprint density at radius 1 is 1.47 bits per heavy atom. The van der Waals surface area contributed by atoms with E-state index < -0.39 is 17.8 Å². The third-order valence-electron chi connectivity index (χ3n) is 2.17. The molecular formula is C11H14F2N2O4. The van der Waals surface area contributed by atoms with E-state index in [0.29, 0.717) is 12.2 Å². The topological polar surface area (TPSA) is 81.4 Å². The second-order valence-corrected chi connectivity index (χ2v) is 3.55. The zero-order valence-electron chi connectivity index (χ0n) is 10.5. The summed E-state index contributed by atoms with van der Waals surface area (Å²) in [4.78, 5) is 25.9. The van der Waals surface area contributed by atoms with Gasteiger partial charge in [-0.15, -0.1) is 0 Å². The Bertz CT molecular complexity index is 459. The summed E-state index contributed by atoms with van der Waals surface area (Å²) in [6.45, 7) is 2.64. The van der Waals surface area contributed by atoms with Crippen LogP contribution in [-0.2, 0) is 27.3 Å². The van der Waals surface area contributed by atoms with Crippen molar-refractivity contribution in [2.45, 2.75) is 32.7 Å². The van der Waals surface area contributed by atoms with Gasteiger partial charge in [-0.1, -0.05) is 6.92 Å². The summed E-state index contributed by atoms with van der Waals surface area (Å²) in [5.41, 5.74) is 0. The van der Waals surface area contributed by atoms with Crippen molar-refractivity contribution in [3.05, 3.63) is 17.8 Å². The van der Waals surface area contributed by atoms with Crippen LogP contribution in [0.3, 0.4) is 0 Å². The van der Waals surface area contributed by atoms with Gasteiger partial charge in [0, 0.05) is 6.42 Å². The van der Waals surface area contributed by atoms with Gasteiger partial charge in [-0.25, -0.2) is 9.78 Å². The first-order chi connectivity index (χ1) is 8.91. The molecule has 0 fully saturated rings. The number of rotatable bonds is 6. The molecule has 19 heavy (non-hydrogen) atoms. The van der Waals surface area contributed by atoms with Gasteiger partial charge in [-0.2, -0.15) is 8.78 Å². The van der Waals surface area contributed by atoms with E-state index >= 15 is 0 Å². The van der Waals surface area contributed by atoms with Crippen LogP contribution in [0.4, 0.5) is 8.78 Å². The molecular weight excluding hydrogens is 262 g/mol. The number of aryl methyl sites for hydroxylation is 1. The lowest BCUT2D eigenvalue weighted by molar-refractivity contribution is -0.177. The van der Waals surface area contributed by atoms with E-state index in [1.165, 1.54) is 13.1 Å². The zero-order valence-corrected chi connectivity index (χ0v) is 10.5. The van der Waals surface area contributed by atoms with Crippen molar-refractivity contribution in [3.63, 3.8) is 0 Å². The van der Waals surface area contributed by atoms with Gasteiger partial charge >= 0.3 is 17.8 Å². The third-order valence-corrected chi connectivity index (χ3v) is 2.17. The standard InChI is InChI=1S/C11H14F2N2O4/c1-3-7-5-14-8(19-7)6-15-9(16)11(12,13)10(17)18-4-2/h5H,3-4,6H2,1-2H3,(H,15,16). The maximum absolute atomic E-state index is 13.2. The molecule has 0 aliphatic carbocycles. The number of ether oxygens (including phenoxy) is 1. The predicted molar refractivity (Wildman–Crippen MR) is 59.3 cm³/mol. The number of hydrogen-bond acceptors (Lipinski definition) is 5. The summed E-state index contributed by atoms with van der Waals surface area (Å²) < 4.78 is 35.7. The Kier molecular flexibility index (Phi) is 4.96. The lowest BCUT2D eigenvalue weighted by Gasteiger charge is -2.13. The number of nitrogens with zero attached hydrogens (tertiary/aromatic N) is 1. The number of hydrogen-bond donors (Lipinski definition) is 1. The predicted octanol–water partition coefficient (Wildman–Crippen LogP) is 1.05. The summed E-state index contributed by atoms with van der Waals surface area (Å²) >= 11 is 0. The number of carbonyl (C=O) groups excluding carboxylic acids is 2. The Labute approximate surface area is 108 Å². The summed E-state index contributed by atoms with van der Waals surface area (Å²) in [6.07, 6.45) is 2.03. The molecule has 1 aromatic heterocycles. The lowest BCUT2D eigenvalue weighted by Crippen LogP contribution is -2.46. The average molecular weight is 276 g/mol. The molecule has 0 spiro atoms. The first-order valence-corrected chi connectivity index (χ1v) is 5.68. The monoisotopic (exact) mass is 276 g/mol. The SMILES string of the molecule is CCOC(=O)C(F)(F)C(=O)NCc1ncc(CC)o1. The molecule has 0 aliphatic rings. The highest BCUT2D eigenvalue weighted by atomic mass is 19.3. The van der Waals surface area contributed by atoms with Crippen LogP contribution in [0.1, 0.15) is 25.5 Å². The number of oxazole rings is 1. The first-order valence-electron chi connectivity index (χ1n) is 5.68. The molecule has 0 atom stereocenters. The summed E-state index contributed by atoms with van der Waals surface area (Å²) in [5, 5.41) is 1.87. The first kappa shape index (κ1) is 15.1. The zero-order chi connectivity index (χ0) is 14.5. The van der Waals surface area contributed by atoms with Crippen molar-refractivity contribution in [1.29, 1.82) is 0 Å². The van der Waals surface area contributed by atoms with Crippen molar-refractivity contribution in [2.24, 2.45) is 0 Å². The average Bonchev–Trinajstić information content (AvgIpc) is 2.84. The molecule has 0 radical (unpaired) electrons. The van der Waals surface area contributed by atoms with E-state index in [2.05, 4.69) is 9.72 Å². The van der Waals surface area contributed by atoms with Crippen LogP contribution < -0.4 is 5.32 Å². The summed E-state index contributed by atoms with van der Waals surface area (Å²) in [7, 11) is 0. The maximum atomic E-state index is 13.2. The fraction of sp³-hybridized carbons (Fsp3) is 0.545. The molecule has 1 aromatic rings. The van der Waals surface area contributed by atoms with E-state index in [1.54, 1.807) is 0 Å². The van der Waals surface area contributed by atoms with Gasteiger partial charge in [0.25, 0.3) is 0 Å². The van der Waals surface area contributed by atoms with E-state index in [-0.39, 0.29) is 19.0 Å². The maximum Gasteiger partial charge on any atom is 0.418 e. The number of halogens is 2. The minimum atomic E-state index is -4.23.